The van der Waals surface area contributed by atoms with E-state index in [1.165, 1.54) is 0 Å². The van der Waals surface area contributed by atoms with Crippen LogP contribution < -0.4 is 5.32 Å². The third-order valence-corrected chi connectivity index (χ3v) is 2.66. The number of unbranched alkanes of at least 4 members (excludes halogenated alkanes) is 1. The van der Waals surface area contributed by atoms with Crippen LogP contribution in [0.3, 0.4) is 0 Å². The van der Waals surface area contributed by atoms with Gasteiger partial charge in [0.25, 0.3) is 0 Å². The lowest BCUT2D eigenvalue weighted by atomic mass is 10.2. The molecule has 0 aromatic carbocycles. The smallest absolute Gasteiger partial charge is 0.238 e. The third kappa shape index (κ3) is 4.99. The van der Waals surface area contributed by atoms with Gasteiger partial charge in [-0.15, -0.1) is 0 Å². The van der Waals surface area contributed by atoms with Crippen molar-refractivity contribution in [1.82, 2.24) is 19.8 Å². The Morgan fingerprint density at radius 1 is 1.47 bits per heavy atom. The van der Waals surface area contributed by atoms with Crippen molar-refractivity contribution in [2.24, 2.45) is 0 Å². The van der Waals surface area contributed by atoms with Crippen LogP contribution in [0.25, 0.3) is 0 Å². The second-order valence-corrected chi connectivity index (χ2v) is 4.42. The van der Waals surface area contributed by atoms with Crippen molar-refractivity contribution in [3.05, 3.63) is 18.7 Å². The standard InChI is InChI=1S/C12H22N4O/c1-11(12(17)15(2)3)14-6-4-5-8-16-9-7-13-10-16/h7,9-11,14H,4-6,8H2,1-3H3. The minimum atomic E-state index is -0.0988. The molecule has 1 N–H and O–H groups in total. The van der Waals surface area contributed by atoms with Crippen molar-refractivity contribution in [3.8, 4) is 0 Å². The van der Waals surface area contributed by atoms with E-state index in [0.717, 1.165) is 25.9 Å². The maximum atomic E-state index is 11.5. The van der Waals surface area contributed by atoms with Gasteiger partial charge in [-0.05, 0) is 26.3 Å². The summed E-state index contributed by atoms with van der Waals surface area (Å²) in [6.45, 7) is 3.76. The molecular formula is C12H22N4O. The highest BCUT2D eigenvalue weighted by molar-refractivity contribution is 5.80. The first kappa shape index (κ1) is 13.7. The molecule has 0 saturated carbocycles. The molecule has 1 heterocycles. The maximum absolute atomic E-state index is 11.5. The van der Waals surface area contributed by atoms with E-state index in [9.17, 15) is 4.79 Å². The molecular weight excluding hydrogens is 216 g/mol. The fourth-order valence-corrected chi connectivity index (χ4v) is 1.63. The summed E-state index contributed by atoms with van der Waals surface area (Å²) >= 11 is 0. The third-order valence-electron chi connectivity index (χ3n) is 2.66. The number of carbonyl (C=O) groups excluding carboxylic acids is 1. The molecule has 0 spiro atoms. The van der Waals surface area contributed by atoms with Crippen LogP contribution in [-0.2, 0) is 11.3 Å². The molecule has 0 aliphatic carbocycles. The summed E-state index contributed by atoms with van der Waals surface area (Å²) in [7, 11) is 3.55. The van der Waals surface area contributed by atoms with E-state index in [1.807, 2.05) is 19.4 Å². The van der Waals surface area contributed by atoms with Crippen molar-refractivity contribution in [2.75, 3.05) is 20.6 Å². The monoisotopic (exact) mass is 238 g/mol. The van der Waals surface area contributed by atoms with Gasteiger partial charge < -0.3 is 14.8 Å². The van der Waals surface area contributed by atoms with Gasteiger partial charge in [0.1, 0.15) is 0 Å². The predicted molar refractivity (Wildman–Crippen MR) is 67.6 cm³/mol. The summed E-state index contributed by atoms with van der Waals surface area (Å²) < 4.78 is 2.06. The van der Waals surface area contributed by atoms with Gasteiger partial charge in [-0.25, -0.2) is 4.98 Å². The number of aryl methyl sites for hydroxylation is 1. The minimum absolute atomic E-state index is 0.0988. The van der Waals surface area contributed by atoms with E-state index in [-0.39, 0.29) is 11.9 Å². The Morgan fingerprint density at radius 3 is 2.82 bits per heavy atom. The Labute approximate surface area is 103 Å². The number of hydrogen-bond acceptors (Lipinski definition) is 3. The molecule has 0 radical (unpaired) electrons. The summed E-state index contributed by atoms with van der Waals surface area (Å²) in [5.74, 6) is 0.125. The second kappa shape index (κ2) is 7.06. The normalized spacial score (nSPS) is 12.4. The van der Waals surface area contributed by atoms with Gasteiger partial charge in [0.2, 0.25) is 5.91 Å². The molecule has 0 aliphatic rings. The van der Waals surface area contributed by atoms with Gasteiger partial charge in [-0.1, -0.05) is 0 Å². The van der Waals surface area contributed by atoms with Crippen LogP contribution in [0.5, 0.6) is 0 Å². The first-order valence-electron chi connectivity index (χ1n) is 6.01. The van der Waals surface area contributed by atoms with Gasteiger partial charge in [0, 0.05) is 33.0 Å². The van der Waals surface area contributed by atoms with E-state index in [2.05, 4.69) is 14.9 Å². The molecule has 0 fully saturated rings. The Bertz CT molecular complexity index is 321. The van der Waals surface area contributed by atoms with Crippen LogP contribution >= 0.6 is 0 Å². The Balaban J connectivity index is 2.06. The summed E-state index contributed by atoms with van der Waals surface area (Å²) in [5.41, 5.74) is 0. The summed E-state index contributed by atoms with van der Waals surface area (Å²) in [4.78, 5) is 17.1. The maximum Gasteiger partial charge on any atom is 0.238 e. The molecule has 17 heavy (non-hydrogen) atoms. The van der Waals surface area contributed by atoms with Crippen LogP contribution in [-0.4, -0.2) is 47.0 Å². The average molecular weight is 238 g/mol. The molecule has 96 valence electrons. The highest BCUT2D eigenvalue weighted by Crippen LogP contribution is 1.95. The number of carbonyl (C=O) groups is 1. The molecule has 1 aromatic rings. The van der Waals surface area contributed by atoms with Crippen molar-refractivity contribution in [3.63, 3.8) is 0 Å². The quantitative estimate of drug-likeness (QED) is 0.712. The number of amides is 1. The Kier molecular flexibility index (Phi) is 5.69. The molecule has 5 heteroatoms. The van der Waals surface area contributed by atoms with Crippen molar-refractivity contribution >= 4 is 5.91 Å². The minimum Gasteiger partial charge on any atom is -0.347 e. The molecule has 0 aliphatic heterocycles. The number of nitrogens with one attached hydrogen (secondary N) is 1. The van der Waals surface area contributed by atoms with Gasteiger partial charge in [0.05, 0.1) is 12.4 Å². The largest absolute Gasteiger partial charge is 0.347 e. The number of rotatable bonds is 7. The lowest BCUT2D eigenvalue weighted by molar-refractivity contribution is -0.130. The molecule has 1 atom stereocenters. The molecule has 1 aromatic heterocycles. The van der Waals surface area contributed by atoms with E-state index < -0.39 is 0 Å². The summed E-state index contributed by atoms with van der Waals surface area (Å²) in [5, 5.41) is 3.23. The molecule has 1 unspecified atom stereocenters. The number of imidazole rings is 1. The topological polar surface area (TPSA) is 50.2 Å². The number of nitrogens with zero attached hydrogens (tertiary/aromatic N) is 3. The van der Waals surface area contributed by atoms with Crippen molar-refractivity contribution in [2.45, 2.75) is 32.4 Å². The highest BCUT2D eigenvalue weighted by Gasteiger charge is 2.12. The second-order valence-electron chi connectivity index (χ2n) is 4.42. The van der Waals surface area contributed by atoms with Crippen LogP contribution in [0.4, 0.5) is 0 Å². The van der Waals surface area contributed by atoms with E-state index >= 15 is 0 Å². The lowest BCUT2D eigenvalue weighted by Crippen LogP contribution is -2.41. The van der Waals surface area contributed by atoms with Crippen LogP contribution in [0.15, 0.2) is 18.7 Å². The zero-order chi connectivity index (χ0) is 12.7. The number of aromatic nitrogens is 2. The number of hydrogen-bond donors (Lipinski definition) is 1. The van der Waals surface area contributed by atoms with Gasteiger partial charge >= 0.3 is 0 Å². The highest BCUT2D eigenvalue weighted by atomic mass is 16.2. The average Bonchev–Trinajstić information content (AvgIpc) is 2.80. The van der Waals surface area contributed by atoms with Gasteiger partial charge in [-0.3, -0.25) is 4.79 Å². The van der Waals surface area contributed by atoms with Crippen molar-refractivity contribution < 1.29 is 4.79 Å². The predicted octanol–water partition coefficient (Wildman–Crippen LogP) is 0.730. The van der Waals surface area contributed by atoms with Crippen LogP contribution in [0, 0.1) is 0 Å². The van der Waals surface area contributed by atoms with Crippen molar-refractivity contribution in [1.29, 1.82) is 0 Å². The van der Waals surface area contributed by atoms with Crippen LogP contribution in [0.2, 0.25) is 0 Å². The SMILES string of the molecule is CC(NCCCCn1ccnc1)C(=O)N(C)C. The zero-order valence-corrected chi connectivity index (χ0v) is 10.9. The fourth-order valence-electron chi connectivity index (χ4n) is 1.63. The van der Waals surface area contributed by atoms with E-state index in [0.29, 0.717) is 0 Å². The molecule has 0 saturated heterocycles. The fraction of sp³-hybridized carbons (Fsp3) is 0.667. The molecule has 5 nitrogen and oxygen atoms in total. The van der Waals surface area contributed by atoms with Gasteiger partial charge in [0.15, 0.2) is 0 Å². The number of likely N-dealkylation sites (N-methyl/N-ethyl adjacent to an activating group) is 1. The van der Waals surface area contributed by atoms with E-state index in [1.54, 1.807) is 25.2 Å². The first-order valence-corrected chi connectivity index (χ1v) is 6.01. The summed E-state index contributed by atoms with van der Waals surface area (Å²) in [6, 6.07) is -0.0988. The molecule has 0 bridgehead atoms. The molecule has 1 rings (SSSR count). The zero-order valence-electron chi connectivity index (χ0n) is 10.9. The van der Waals surface area contributed by atoms with Crippen LogP contribution in [0.1, 0.15) is 19.8 Å². The first-order chi connectivity index (χ1) is 8.11. The van der Waals surface area contributed by atoms with Gasteiger partial charge in [-0.2, -0.15) is 0 Å². The Morgan fingerprint density at radius 2 is 2.24 bits per heavy atom. The Hall–Kier alpha value is -1.36. The summed E-state index contributed by atoms with van der Waals surface area (Å²) in [6.07, 6.45) is 7.72. The van der Waals surface area contributed by atoms with E-state index in [4.69, 9.17) is 0 Å². The lowest BCUT2D eigenvalue weighted by Gasteiger charge is -2.17. The molecule has 1 amide bonds.